The van der Waals surface area contributed by atoms with Crippen LogP contribution in [-0.2, 0) is 10.0 Å². The number of sulfonamides is 1. The first-order valence-electron chi connectivity index (χ1n) is 5.12. The number of hydrogen-bond donors (Lipinski definition) is 2. The lowest BCUT2D eigenvalue weighted by Gasteiger charge is -2.00. The lowest BCUT2D eigenvalue weighted by molar-refractivity contribution is 0.595. The van der Waals surface area contributed by atoms with E-state index in [0.717, 1.165) is 15.9 Å². The van der Waals surface area contributed by atoms with Gasteiger partial charge < -0.3 is 0 Å². The molecule has 0 amide bonds. The molecule has 0 radical (unpaired) electrons. The molecule has 0 spiro atoms. The third-order valence-corrected chi connectivity index (χ3v) is 3.47. The van der Waals surface area contributed by atoms with Crippen molar-refractivity contribution in [1.82, 2.24) is 4.72 Å². The van der Waals surface area contributed by atoms with Crippen molar-refractivity contribution in [3.63, 3.8) is 0 Å². The Bertz CT molecular complexity index is 519. The fraction of sp³-hybridized carbons (Fsp3) is 0.167. The Morgan fingerprint density at radius 1 is 1.35 bits per heavy atom. The molecule has 1 aromatic carbocycles. The minimum atomic E-state index is -3.38. The molecule has 0 bridgehead atoms. The van der Waals surface area contributed by atoms with Crippen LogP contribution in [0.4, 0.5) is 0 Å². The minimum absolute atomic E-state index is 0.297. The third kappa shape index (κ3) is 5.21. The van der Waals surface area contributed by atoms with Gasteiger partial charge in [0.05, 0.1) is 0 Å². The summed E-state index contributed by atoms with van der Waals surface area (Å²) in [6.45, 7) is 2.13. The van der Waals surface area contributed by atoms with Crippen LogP contribution in [-0.4, -0.2) is 15.0 Å². The van der Waals surface area contributed by atoms with Crippen LogP contribution in [0, 0.1) is 0 Å². The summed E-state index contributed by atoms with van der Waals surface area (Å²) in [5.74, 6) is 0. The Labute approximate surface area is 108 Å². The lowest BCUT2D eigenvalue weighted by atomic mass is 10.2. The van der Waals surface area contributed by atoms with E-state index in [-0.39, 0.29) is 0 Å². The van der Waals surface area contributed by atoms with E-state index in [2.05, 4.69) is 17.4 Å². The molecule has 0 fully saturated rings. The van der Waals surface area contributed by atoms with E-state index in [0.29, 0.717) is 6.54 Å². The number of hydrogen-bond acceptors (Lipinski definition) is 3. The van der Waals surface area contributed by atoms with Crippen LogP contribution in [0.15, 0.2) is 46.7 Å². The van der Waals surface area contributed by atoms with Gasteiger partial charge in [0, 0.05) is 16.8 Å². The highest BCUT2D eigenvalue weighted by atomic mass is 32.2. The number of allylic oxidation sites excluding steroid dienone is 1. The van der Waals surface area contributed by atoms with E-state index < -0.39 is 10.0 Å². The second-order valence-corrected chi connectivity index (χ2v) is 5.46. The molecule has 1 aromatic rings. The molecule has 0 aliphatic rings. The molecule has 1 rings (SSSR count). The Morgan fingerprint density at radius 3 is 2.71 bits per heavy atom. The molecule has 1 N–H and O–H groups in total. The molecule has 0 aromatic heterocycles. The molecule has 0 unspecified atom stereocenters. The summed E-state index contributed by atoms with van der Waals surface area (Å²) in [7, 11) is -3.38. The van der Waals surface area contributed by atoms with Crippen molar-refractivity contribution in [3.8, 4) is 0 Å². The van der Waals surface area contributed by atoms with Gasteiger partial charge in [0.25, 0.3) is 0 Å². The van der Waals surface area contributed by atoms with Crippen molar-refractivity contribution in [3.05, 3.63) is 47.4 Å². The maximum absolute atomic E-state index is 11.5. The summed E-state index contributed by atoms with van der Waals surface area (Å²) in [6, 6.07) is 7.29. The summed E-state index contributed by atoms with van der Waals surface area (Å²) in [5.41, 5.74) is 0.771. The summed E-state index contributed by atoms with van der Waals surface area (Å²) >= 11 is 4.24. The van der Waals surface area contributed by atoms with Gasteiger partial charge in [0.2, 0.25) is 10.0 Å². The first kappa shape index (κ1) is 14.0. The van der Waals surface area contributed by atoms with Gasteiger partial charge in [-0.15, -0.1) is 12.6 Å². The normalized spacial score (nSPS) is 12.6. The predicted molar refractivity (Wildman–Crippen MR) is 74.5 cm³/mol. The van der Waals surface area contributed by atoms with Gasteiger partial charge in [-0.25, -0.2) is 13.1 Å². The van der Waals surface area contributed by atoms with Gasteiger partial charge in [-0.2, -0.15) is 0 Å². The smallest absolute Gasteiger partial charge is 0.208 e. The molecule has 0 heterocycles. The van der Waals surface area contributed by atoms with Gasteiger partial charge in [-0.3, -0.25) is 0 Å². The Morgan fingerprint density at radius 2 is 2.06 bits per heavy atom. The molecule has 17 heavy (non-hydrogen) atoms. The van der Waals surface area contributed by atoms with Crippen molar-refractivity contribution in [2.24, 2.45) is 0 Å². The highest BCUT2D eigenvalue weighted by molar-refractivity contribution is 7.92. The van der Waals surface area contributed by atoms with E-state index in [9.17, 15) is 8.42 Å². The molecule has 5 heteroatoms. The molecular weight excluding hydrogens is 254 g/mol. The van der Waals surface area contributed by atoms with Crippen molar-refractivity contribution < 1.29 is 8.42 Å². The van der Waals surface area contributed by atoms with Crippen LogP contribution in [0.3, 0.4) is 0 Å². The van der Waals surface area contributed by atoms with Crippen LogP contribution in [0.2, 0.25) is 0 Å². The monoisotopic (exact) mass is 269 g/mol. The zero-order valence-corrected chi connectivity index (χ0v) is 11.2. The first-order chi connectivity index (χ1) is 8.05. The van der Waals surface area contributed by atoms with Crippen molar-refractivity contribution in [2.75, 3.05) is 6.54 Å². The molecule has 0 saturated heterocycles. The van der Waals surface area contributed by atoms with E-state index in [1.54, 1.807) is 18.2 Å². The zero-order valence-electron chi connectivity index (χ0n) is 9.50. The van der Waals surface area contributed by atoms with Gasteiger partial charge in [0.15, 0.2) is 0 Å². The fourth-order valence-corrected chi connectivity index (χ4v) is 2.11. The van der Waals surface area contributed by atoms with Crippen LogP contribution in [0.1, 0.15) is 12.5 Å². The summed E-state index contributed by atoms with van der Waals surface area (Å²) in [4.78, 5) is 0.743. The molecule has 0 atom stereocenters. The molecule has 0 aliphatic heterocycles. The summed E-state index contributed by atoms with van der Waals surface area (Å²) in [5, 5.41) is 1.14. The average molecular weight is 269 g/mol. The van der Waals surface area contributed by atoms with Gasteiger partial charge in [-0.05, 0) is 24.6 Å². The fourth-order valence-electron chi connectivity index (χ4n) is 1.12. The molecule has 3 nitrogen and oxygen atoms in total. The number of thiol groups is 1. The van der Waals surface area contributed by atoms with Crippen molar-refractivity contribution >= 4 is 28.7 Å². The standard InChI is InChI=1S/C12H15NO2S2/c1-2-3-9-13-17(14,15)10-8-11-6-4-5-7-12(11)16/h2-8,10,13,16H,9H2,1H3/b3-2-,10-8+. The molecule has 92 valence electrons. The van der Waals surface area contributed by atoms with Crippen LogP contribution < -0.4 is 4.72 Å². The van der Waals surface area contributed by atoms with Crippen molar-refractivity contribution in [1.29, 1.82) is 0 Å². The zero-order chi connectivity index (χ0) is 12.7. The molecular formula is C12H15NO2S2. The topological polar surface area (TPSA) is 46.2 Å². The van der Waals surface area contributed by atoms with E-state index in [1.165, 1.54) is 6.08 Å². The maximum atomic E-state index is 11.5. The second kappa shape index (κ2) is 6.64. The van der Waals surface area contributed by atoms with Gasteiger partial charge in [-0.1, -0.05) is 30.4 Å². The first-order valence-corrected chi connectivity index (χ1v) is 7.11. The maximum Gasteiger partial charge on any atom is 0.234 e. The summed E-state index contributed by atoms with van der Waals surface area (Å²) in [6.07, 6.45) is 5.05. The largest absolute Gasteiger partial charge is 0.234 e. The number of benzene rings is 1. The van der Waals surface area contributed by atoms with Crippen LogP contribution >= 0.6 is 12.6 Å². The molecule has 0 saturated carbocycles. The number of nitrogens with one attached hydrogen (secondary N) is 1. The quantitative estimate of drug-likeness (QED) is 0.637. The SMILES string of the molecule is C/C=C\CNS(=O)(=O)/C=C/c1ccccc1S. The van der Waals surface area contributed by atoms with E-state index in [4.69, 9.17) is 0 Å². The van der Waals surface area contributed by atoms with Crippen LogP contribution in [0.25, 0.3) is 6.08 Å². The molecule has 0 aliphatic carbocycles. The van der Waals surface area contributed by atoms with E-state index >= 15 is 0 Å². The Balaban J connectivity index is 2.74. The van der Waals surface area contributed by atoms with Gasteiger partial charge in [0.1, 0.15) is 0 Å². The number of rotatable bonds is 5. The van der Waals surface area contributed by atoms with E-state index in [1.807, 2.05) is 25.1 Å². The lowest BCUT2D eigenvalue weighted by Crippen LogP contribution is -2.20. The minimum Gasteiger partial charge on any atom is -0.208 e. The third-order valence-electron chi connectivity index (χ3n) is 2.00. The predicted octanol–water partition coefficient (Wildman–Crippen LogP) is 2.44. The van der Waals surface area contributed by atoms with Crippen molar-refractivity contribution in [2.45, 2.75) is 11.8 Å². The average Bonchev–Trinajstić information content (AvgIpc) is 2.28. The summed E-state index contributed by atoms with van der Waals surface area (Å²) < 4.78 is 25.5. The van der Waals surface area contributed by atoms with Gasteiger partial charge >= 0.3 is 0 Å². The highest BCUT2D eigenvalue weighted by Crippen LogP contribution is 2.14. The van der Waals surface area contributed by atoms with Crippen LogP contribution in [0.5, 0.6) is 0 Å². The Kier molecular flexibility index (Phi) is 5.47. The Hall–Kier alpha value is -1.04. The highest BCUT2D eigenvalue weighted by Gasteiger charge is 2.02. The second-order valence-electron chi connectivity index (χ2n) is 3.32.